The molecule has 0 atom stereocenters. The van der Waals surface area contributed by atoms with E-state index in [0.29, 0.717) is 27.8 Å². The first-order valence-corrected chi connectivity index (χ1v) is 13.0. The Labute approximate surface area is 242 Å². The van der Waals surface area contributed by atoms with Gasteiger partial charge in [0.05, 0.1) is 27.7 Å². The zero-order valence-electron chi connectivity index (χ0n) is 23.4. The van der Waals surface area contributed by atoms with Crippen LogP contribution >= 0.6 is 11.6 Å². The fraction of sp³-hybridized carbons (Fsp3) is 0.267. The lowest BCUT2D eigenvalue weighted by atomic mass is 9.86. The van der Waals surface area contributed by atoms with E-state index >= 15 is 4.39 Å². The highest BCUT2D eigenvalue weighted by molar-refractivity contribution is 6.33. The smallest absolute Gasteiger partial charge is 0.415 e. The molecule has 4 rings (SSSR count). The number of carbonyl (C=O) groups excluding carboxylic acids is 2. The summed E-state index contributed by atoms with van der Waals surface area (Å²) in [5.74, 6) is -1.07. The third-order valence-corrected chi connectivity index (χ3v) is 6.50. The van der Waals surface area contributed by atoms with Crippen LogP contribution in [0.15, 0.2) is 55.0 Å². The van der Waals surface area contributed by atoms with Gasteiger partial charge in [-0.25, -0.2) is 14.2 Å². The van der Waals surface area contributed by atoms with Gasteiger partial charge in [0.1, 0.15) is 17.1 Å². The van der Waals surface area contributed by atoms with Crippen LogP contribution in [0.25, 0.3) is 22.0 Å². The third-order valence-electron chi connectivity index (χ3n) is 6.18. The number of fused-ring (bicyclic) bond motifs is 1. The molecule has 2 amide bonds. The van der Waals surface area contributed by atoms with Crippen molar-refractivity contribution in [1.82, 2.24) is 15.0 Å². The number of hydrogen-bond acceptors (Lipinski definition) is 7. The third kappa shape index (κ3) is 6.42. The van der Waals surface area contributed by atoms with E-state index in [1.165, 1.54) is 41.7 Å². The average Bonchev–Trinajstić information content (AvgIpc) is 2.93. The Morgan fingerprint density at radius 3 is 2.46 bits per heavy atom. The molecule has 0 radical (unpaired) electrons. The van der Waals surface area contributed by atoms with Crippen molar-refractivity contribution in [3.63, 3.8) is 0 Å². The van der Waals surface area contributed by atoms with E-state index in [1.54, 1.807) is 59.9 Å². The van der Waals surface area contributed by atoms with E-state index in [1.807, 2.05) is 0 Å². The van der Waals surface area contributed by atoms with Gasteiger partial charge in [0.15, 0.2) is 5.82 Å². The number of carbonyl (C=O) groups is 2. The number of nitrogens with zero attached hydrogens (tertiary/aromatic N) is 5. The lowest BCUT2D eigenvalue weighted by Crippen LogP contribution is -2.34. The molecule has 4 aromatic rings. The second kappa shape index (κ2) is 11.1. The Bertz CT molecular complexity index is 1710. The van der Waals surface area contributed by atoms with E-state index in [4.69, 9.17) is 16.3 Å². The molecule has 1 N–H and O–H groups in total. The topological polar surface area (TPSA) is 121 Å². The van der Waals surface area contributed by atoms with Crippen molar-refractivity contribution in [2.75, 3.05) is 17.3 Å². The highest BCUT2D eigenvalue weighted by Crippen LogP contribution is 2.36. The summed E-state index contributed by atoms with van der Waals surface area (Å²) < 4.78 is 21.1. The first-order chi connectivity index (χ1) is 19.2. The second-order valence-corrected chi connectivity index (χ2v) is 11.3. The minimum absolute atomic E-state index is 0.0346. The van der Waals surface area contributed by atoms with Crippen molar-refractivity contribution in [3.8, 4) is 17.2 Å². The molecule has 0 spiro atoms. The molecule has 0 aliphatic rings. The number of amides is 2. The van der Waals surface area contributed by atoms with Gasteiger partial charge in [-0.15, -0.1) is 0 Å². The molecule has 0 saturated carbocycles. The van der Waals surface area contributed by atoms with Gasteiger partial charge in [0, 0.05) is 48.2 Å². The van der Waals surface area contributed by atoms with Gasteiger partial charge < -0.3 is 10.1 Å². The Kier molecular flexibility index (Phi) is 7.95. The molecule has 3 heterocycles. The minimum Gasteiger partial charge on any atom is -0.443 e. The molecule has 3 aromatic heterocycles. The summed E-state index contributed by atoms with van der Waals surface area (Å²) in [6, 6.07) is 11.4. The molecular formula is C30H28ClFN6O3. The Balaban J connectivity index is 1.63. The number of aromatic nitrogens is 3. The lowest BCUT2D eigenvalue weighted by molar-refractivity contribution is 0.0588. The van der Waals surface area contributed by atoms with Crippen molar-refractivity contribution in [2.24, 2.45) is 0 Å². The molecule has 1 aromatic carbocycles. The molecule has 0 saturated heterocycles. The number of nitrogens with one attached hydrogen (secondary N) is 1. The van der Waals surface area contributed by atoms with Crippen LogP contribution in [-0.2, 0) is 10.2 Å². The first kappa shape index (κ1) is 29.4. The fourth-order valence-electron chi connectivity index (χ4n) is 3.86. The van der Waals surface area contributed by atoms with E-state index < -0.39 is 28.8 Å². The molecule has 0 bridgehead atoms. The average molecular weight is 575 g/mol. The van der Waals surface area contributed by atoms with Gasteiger partial charge in [0.25, 0.3) is 5.91 Å². The zero-order chi connectivity index (χ0) is 30.1. The molecule has 41 heavy (non-hydrogen) atoms. The van der Waals surface area contributed by atoms with Gasteiger partial charge in [-0.2, -0.15) is 5.26 Å². The highest BCUT2D eigenvalue weighted by Gasteiger charge is 2.24. The molecule has 9 nitrogen and oxygen atoms in total. The van der Waals surface area contributed by atoms with E-state index in [2.05, 4.69) is 26.3 Å². The zero-order valence-corrected chi connectivity index (χ0v) is 24.2. The first-order valence-electron chi connectivity index (χ1n) is 12.6. The number of benzene rings is 1. The van der Waals surface area contributed by atoms with E-state index in [9.17, 15) is 14.9 Å². The number of rotatable bonds is 5. The number of anilines is 2. The summed E-state index contributed by atoms with van der Waals surface area (Å²) >= 11 is 6.38. The van der Waals surface area contributed by atoms with E-state index in [-0.39, 0.29) is 22.0 Å². The summed E-state index contributed by atoms with van der Waals surface area (Å²) in [5.41, 5.74) is -0.0403. The standard InChI is InChI=1S/C30H28ClFN6O3/c1-29(2,3)41-28(40)38(6)24-13-22-17(14-36-24)11-18(15-35-22)25-20(31)7-8-21(26(25)32)37-27(39)23-12-19(9-10-34-23)30(4,5)16-33/h7-15H,1-6H3,(H,37,39). The van der Waals surface area contributed by atoms with Crippen LogP contribution in [0.4, 0.5) is 20.7 Å². The lowest BCUT2D eigenvalue weighted by Gasteiger charge is -2.24. The largest absolute Gasteiger partial charge is 0.443 e. The number of pyridine rings is 3. The second-order valence-electron chi connectivity index (χ2n) is 10.9. The maximum atomic E-state index is 15.7. The van der Waals surface area contributed by atoms with Crippen LogP contribution in [0.3, 0.4) is 0 Å². The highest BCUT2D eigenvalue weighted by atomic mass is 35.5. The number of hydrogen-bond donors (Lipinski definition) is 1. The summed E-state index contributed by atoms with van der Waals surface area (Å²) in [4.78, 5) is 39.5. The number of nitriles is 1. The fourth-order valence-corrected chi connectivity index (χ4v) is 4.12. The predicted octanol–water partition coefficient (Wildman–Crippen LogP) is 6.91. The summed E-state index contributed by atoms with van der Waals surface area (Å²) in [7, 11) is 1.54. The van der Waals surface area contributed by atoms with Gasteiger partial charge in [-0.1, -0.05) is 11.6 Å². The van der Waals surface area contributed by atoms with Gasteiger partial charge in [-0.3, -0.25) is 19.7 Å². The molecule has 210 valence electrons. The molecule has 0 unspecified atom stereocenters. The van der Waals surface area contributed by atoms with Crippen molar-refractivity contribution in [2.45, 2.75) is 45.6 Å². The van der Waals surface area contributed by atoms with Crippen LogP contribution in [0, 0.1) is 17.1 Å². The van der Waals surface area contributed by atoms with Crippen molar-refractivity contribution >= 4 is 46.0 Å². The minimum atomic E-state index is -0.833. The molecule has 0 fully saturated rings. The quantitative estimate of drug-likeness (QED) is 0.275. The number of ether oxygens (including phenoxy) is 1. The van der Waals surface area contributed by atoms with Crippen molar-refractivity contribution in [3.05, 3.63) is 77.1 Å². The van der Waals surface area contributed by atoms with Crippen molar-refractivity contribution < 1.29 is 18.7 Å². The van der Waals surface area contributed by atoms with Crippen LogP contribution < -0.4 is 10.2 Å². The summed E-state index contributed by atoms with van der Waals surface area (Å²) in [6.45, 7) is 8.76. The van der Waals surface area contributed by atoms with Gasteiger partial charge >= 0.3 is 6.09 Å². The van der Waals surface area contributed by atoms with Crippen LogP contribution in [0.5, 0.6) is 0 Å². The SMILES string of the molecule is CN(C(=O)OC(C)(C)C)c1cc2ncc(-c3c(Cl)ccc(NC(=O)c4cc(C(C)(C)C#N)ccn4)c3F)cc2cn1. The molecule has 11 heteroatoms. The predicted molar refractivity (Wildman–Crippen MR) is 155 cm³/mol. The summed E-state index contributed by atoms with van der Waals surface area (Å²) in [6.07, 6.45) is 3.83. The van der Waals surface area contributed by atoms with Gasteiger partial charge in [0.2, 0.25) is 0 Å². The van der Waals surface area contributed by atoms with Crippen LogP contribution in [0.2, 0.25) is 5.02 Å². The molecule has 0 aliphatic carbocycles. The normalized spacial score (nSPS) is 11.6. The Morgan fingerprint density at radius 2 is 1.78 bits per heavy atom. The summed E-state index contributed by atoms with van der Waals surface area (Å²) in [5, 5.41) is 12.7. The molecular weight excluding hydrogens is 547 g/mol. The monoisotopic (exact) mass is 574 g/mol. The maximum Gasteiger partial charge on any atom is 0.415 e. The van der Waals surface area contributed by atoms with Gasteiger partial charge in [-0.05, 0) is 70.5 Å². The number of halogens is 2. The van der Waals surface area contributed by atoms with Crippen molar-refractivity contribution in [1.29, 1.82) is 5.26 Å². The van der Waals surface area contributed by atoms with Crippen LogP contribution in [-0.4, -0.2) is 39.6 Å². The molecule has 0 aliphatic heterocycles. The van der Waals surface area contributed by atoms with Crippen LogP contribution in [0.1, 0.15) is 50.7 Å². The Morgan fingerprint density at radius 1 is 1.05 bits per heavy atom. The van der Waals surface area contributed by atoms with E-state index in [0.717, 1.165) is 0 Å². The maximum absolute atomic E-state index is 15.7. The Hall–Kier alpha value is -4.62.